The van der Waals surface area contributed by atoms with Crippen molar-refractivity contribution in [2.75, 3.05) is 32.6 Å². The number of carbonyl (C=O) groups is 1. The fraction of sp³-hybridized carbons (Fsp3) is 0.545. The summed E-state index contributed by atoms with van der Waals surface area (Å²) >= 11 is 5.22. The molecule has 0 aliphatic carbocycles. The van der Waals surface area contributed by atoms with Crippen molar-refractivity contribution in [3.8, 4) is 0 Å². The number of anilines is 1. The maximum atomic E-state index is 16.0. The van der Waals surface area contributed by atoms with Crippen LogP contribution in [-0.4, -0.2) is 117 Å². The number of imidazole rings is 2. The topological polar surface area (TPSA) is 219 Å². The molecular formula is C22H24BFN8O10P2S. The van der Waals surface area contributed by atoms with Gasteiger partial charge in [0.1, 0.15) is 54.6 Å². The van der Waals surface area contributed by atoms with Crippen molar-refractivity contribution >= 4 is 62.5 Å². The van der Waals surface area contributed by atoms with E-state index >= 15 is 4.39 Å². The van der Waals surface area contributed by atoms with Gasteiger partial charge in [0.25, 0.3) is 7.47 Å². The van der Waals surface area contributed by atoms with Crippen LogP contribution in [0.15, 0.2) is 24.0 Å². The molecule has 10 atom stereocenters. The van der Waals surface area contributed by atoms with Crippen molar-refractivity contribution in [2.45, 2.75) is 49.1 Å². The fourth-order valence-corrected chi connectivity index (χ4v) is 8.06. The van der Waals surface area contributed by atoms with Gasteiger partial charge >= 0.3 is 6.72 Å². The number of nitrogen functional groups attached to an aromatic ring is 1. The number of methoxy groups -OCH3 is 1. The molecule has 18 nitrogen and oxygen atoms in total. The van der Waals surface area contributed by atoms with Gasteiger partial charge in [-0.05, 0) is 11.8 Å². The Morgan fingerprint density at radius 1 is 1.09 bits per heavy atom. The first-order valence-electron chi connectivity index (χ1n) is 13.3. The first-order valence-corrected chi connectivity index (χ1v) is 17.5. The molecule has 4 unspecified atom stereocenters. The Morgan fingerprint density at radius 2 is 1.82 bits per heavy atom. The van der Waals surface area contributed by atoms with Gasteiger partial charge in [-0.25, -0.2) is 24.3 Å². The molecule has 0 aromatic carbocycles. The Kier molecular flexibility index (Phi) is 8.01. The smallest absolute Gasteiger partial charge is 0.325 e. The number of nitrogens with zero attached hydrogens (tertiary/aromatic N) is 7. The predicted octanol–water partition coefficient (Wildman–Crippen LogP) is 0.379. The van der Waals surface area contributed by atoms with Gasteiger partial charge < -0.3 is 38.4 Å². The number of alkyl halides is 1. The summed E-state index contributed by atoms with van der Waals surface area (Å²) in [4.78, 5) is 43.6. The second-order valence-electron chi connectivity index (χ2n) is 10.4. The van der Waals surface area contributed by atoms with Crippen LogP contribution in [0.5, 0.6) is 0 Å². The molecule has 0 saturated carbocycles. The largest absolute Gasteiger partial charge is 0.382 e. The van der Waals surface area contributed by atoms with Gasteiger partial charge in [-0.15, -0.1) is 0 Å². The summed E-state index contributed by atoms with van der Waals surface area (Å²) in [5, 5.41) is 0. The van der Waals surface area contributed by atoms with Crippen LogP contribution in [0.3, 0.4) is 0 Å². The average molecular weight is 684 g/mol. The first-order chi connectivity index (χ1) is 21.5. The lowest BCUT2D eigenvalue weighted by Gasteiger charge is -2.30. The number of hydrogen-bond acceptors (Lipinski definition) is 16. The summed E-state index contributed by atoms with van der Waals surface area (Å²) in [7, 11) is 2.91. The van der Waals surface area contributed by atoms with Gasteiger partial charge in [0.2, 0.25) is 13.3 Å². The van der Waals surface area contributed by atoms with Crippen LogP contribution in [0, 0.1) is 0 Å². The molecule has 7 rings (SSSR count). The molecule has 3 aromatic rings. The number of Topliss-reactive ketones (excluding diaryl/α,β-unsaturated/α-hetero) is 1. The number of aliphatic imine (C=N–C) groups is 1. The second-order valence-corrected chi connectivity index (χ2v) is 14.7. The molecular weight excluding hydrogens is 660 g/mol. The number of ether oxygens (including phenoxy) is 3. The van der Waals surface area contributed by atoms with E-state index in [0.29, 0.717) is 5.69 Å². The quantitative estimate of drug-likeness (QED) is 0.281. The zero-order chi connectivity index (χ0) is 31.7. The Bertz CT molecular complexity index is 1780. The highest BCUT2D eigenvalue weighted by atomic mass is 32.5. The highest BCUT2D eigenvalue weighted by molar-refractivity contribution is 8.07. The van der Waals surface area contributed by atoms with E-state index in [2.05, 4.69) is 24.9 Å². The Hall–Kier alpha value is -2.55. The molecule has 238 valence electrons. The van der Waals surface area contributed by atoms with Gasteiger partial charge in [-0.3, -0.25) is 28.0 Å². The van der Waals surface area contributed by atoms with Gasteiger partial charge in [-0.1, -0.05) is 0 Å². The minimum atomic E-state index is -4.44. The van der Waals surface area contributed by atoms with E-state index < -0.39 is 76.6 Å². The molecule has 7 heterocycles. The standard InChI is InChI=1S/C22H24BFN8O10P2S/c1-36-18-17-12(40-22(18)31-7-29-14-9(31)2-26-3-10(14)33)5-38-44(35,45)42-16-11(4-37-43(23,34)41-17)39-21(13(16)24)32-8-30-15-19(25)27-6-28-20(15)32/h2,6-8,11-13,16-18,21-22H,3-5H2,1H3,(H,35,45)(H2,25,27,28)/t11-,12-,13?,16+,17?,18+,21-,22-,43?,44?/m1/s1. The van der Waals surface area contributed by atoms with Gasteiger partial charge in [0, 0.05) is 13.3 Å². The minimum Gasteiger partial charge on any atom is -0.382 e. The van der Waals surface area contributed by atoms with E-state index in [0.717, 1.165) is 0 Å². The van der Waals surface area contributed by atoms with E-state index in [1.807, 2.05) is 0 Å². The zero-order valence-corrected chi connectivity index (χ0v) is 25.7. The first kappa shape index (κ1) is 31.1. The fourth-order valence-electron chi connectivity index (χ4n) is 5.61. The van der Waals surface area contributed by atoms with Gasteiger partial charge in [0.05, 0.1) is 31.6 Å². The van der Waals surface area contributed by atoms with E-state index in [-0.39, 0.29) is 35.0 Å². The number of ketones is 1. The van der Waals surface area contributed by atoms with Crippen LogP contribution >= 0.6 is 14.2 Å². The van der Waals surface area contributed by atoms with Crippen LogP contribution in [0.4, 0.5) is 10.2 Å². The van der Waals surface area contributed by atoms with Crippen molar-refractivity contribution in [1.29, 1.82) is 0 Å². The lowest BCUT2D eigenvalue weighted by Crippen LogP contribution is -2.39. The monoisotopic (exact) mass is 684 g/mol. The molecule has 4 aliphatic rings. The van der Waals surface area contributed by atoms with Crippen LogP contribution in [-0.2, 0) is 48.7 Å². The van der Waals surface area contributed by atoms with Crippen LogP contribution in [0.1, 0.15) is 28.6 Å². The van der Waals surface area contributed by atoms with Gasteiger partial charge in [0.15, 0.2) is 30.1 Å². The number of rotatable bonds is 3. The highest BCUT2D eigenvalue weighted by Crippen LogP contribution is 2.54. The molecule has 23 heteroatoms. The third-order valence-corrected chi connectivity index (χ3v) is 10.3. The van der Waals surface area contributed by atoms with E-state index in [4.69, 9.17) is 57.4 Å². The molecule has 2 radical (unpaired) electrons. The summed E-state index contributed by atoms with van der Waals surface area (Å²) < 4.78 is 72.4. The summed E-state index contributed by atoms with van der Waals surface area (Å²) in [5.41, 5.74) is 6.77. The summed E-state index contributed by atoms with van der Waals surface area (Å²) in [6.07, 6.45) is -5.37. The van der Waals surface area contributed by atoms with E-state index in [1.54, 1.807) is 0 Å². The predicted molar refractivity (Wildman–Crippen MR) is 154 cm³/mol. The Labute approximate surface area is 259 Å². The molecule has 45 heavy (non-hydrogen) atoms. The lowest BCUT2D eigenvalue weighted by atomic mass is 10.1. The highest BCUT2D eigenvalue weighted by Gasteiger charge is 2.53. The SMILES string of the molecule is [B]P1(=O)OC[C@H]2O[C@@H](n3cnc4c(N)ncnc43)C(F)[C@H]2OP(O)(=S)OC[C@H]2O[C@@H](n3cnc4c3C=NCC4=O)[C@@H](OC)C2O1. The molecule has 3 saturated heterocycles. The van der Waals surface area contributed by atoms with E-state index in [1.165, 1.54) is 41.4 Å². The average Bonchev–Trinajstić information content (AvgIpc) is 3.75. The van der Waals surface area contributed by atoms with Crippen molar-refractivity contribution in [1.82, 2.24) is 29.1 Å². The number of fused-ring (bicyclic) bond motifs is 4. The Balaban J connectivity index is 1.17. The van der Waals surface area contributed by atoms with Crippen molar-refractivity contribution < 1.29 is 50.9 Å². The molecule has 3 aromatic heterocycles. The maximum absolute atomic E-state index is 16.0. The minimum absolute atomic E-state index is 0.0473. The normalized spacial score (nSPS) is 38.8. The van der Waals surface area contributed by atoms with Gasteiger partial charge in [-0.2, -0.15) is 0 Å². The lowest BCUT2D eigenvalue weighted by molar-refractivity contribution is -0.0617. The molecule has 0 bridgehead atoms. The third-order valence-electron chi connectivity index (χ3n) is 7.65. The molecule has 3 N–H and O–H groups in total. The number of nitrogens with two attached hydrogens (primary N) is 1. The molecule has 0 amide bonds. The molecule has 0 spiro atoms. The van der Waals surface area contributed by atoms with Crippen molar-refractivity contribution in [3.05, 3.63) is 30.4 Å². The van der Waals surface area contributed by atoms with Crippen molar-refractivity contribution in [2.24, 2.45) is 4.99 Å². The number of halogens is 1. The second kappa shape index (κ2) is 11.6. The van der Waals surface area contributed by atoms with Crippen LogP contribution in [0.2, 0.25) is 0 Å². The maximum Gasteiger partial charge on any atom is 0.325 e. The summed E-state index contributed by atoms with van der Waals surface area (Å²) in [6.45, 7) is -5.34. The Morgan fingerprint density at radius 3 is 2.62 bits per heavy atom. The van der Waals surface area contributed by atoms with Crippen molar-refractivity contribution in [3.63, 3.8) is 0 Å². The molecule has 3 fully saturated rings. The van der Waals surface area contributed by atoms with Crippen LogP contribution < -0.4 is 5.73 Å². The number of hydrogen-bond donors (Lipinski definition) is 2. The molecule has 4 aliphatic heterocycles. The summed E-state index contributed by atoms with van der Waals surface area (Å²) in [6, 6.07) is 0. The zero-order valence-electron chi connectivity index (χ0n) is 23.1. The third kappa shape index (κ3) is 5.59. The summed E-state index contributed by atoms with van der Waals surface area (Å²) in [5.74, 6) is -0.223. The number of carbonyl (C=O) groups excluding carboxylic acids is 1. The van der Waals surface area contributed by atoms with E-state index in [9.17, 15) is 14.3 Å². The van der Waals surface area contributed by atoms with Crippen LogP contribution in [0.25, 0.3) is 11.2 Å². The number of aromatic nitrogens is 6.